The summed E-state index contributed by atoms with van der Waals surface area (Å²) in [6.07, 6.45) is 3.27. The summed E-state index contributed by atoms with van der Waals surface area (Å²) in [5.41, 5.74) is 1.18. The minimum Gasteiger partial charge on any atom is -0.348 e. The maximum absolute atomic E-state index is 10.7. The number of carbonyl (C=O) groups is 1. The van der Waals surface area contributed by atoms with Crippen molar-refractivity contribution in [2.45, 2.75) is 19.8 Å². The van der Waals surface area contributed by atoms with Crippen molar-refractivity contribution in [2.24, 2.45) is 0 Å². The van der Waals surface area contributed by atoms with Crippen molar-refractivity contribution in [1.29, 1.82) is 0 Å². The maximum Gasteiger partial charge on any atom is 0.272 e. The van der Waals surface area contributed by atoms with Crippen LogP contribution in [0.15, 0.2) is 6.33 Å². The molecule has 0 spiro atoms. The van der Waals surface area contributed by atoms with Crippen molar-refractivity contribution in [3.63, 3.8) is 0 Å². The molecule has 1 aromatic heterocycles. The summed E-state index contributed by atoms with van der Waals surface area (Å²) in [5, 5.41) is -0.491. The van der Waals surface area contributed by atoms with Gasteiger partial charge in [-0.3, -0.25) is 4.79 Å². The second-order valence-electron chi connectivity index (χ2n) is 2.25. The van der Waals surface area contributed by atoms with Crippen molar-refractivity contribution in [2.75, 3.05) is 0 Å². The quantitative estimate of drug-likeness (QED) is 0.706. The molecule has 1 rings (SSSR count). The molecule has 0 saturated carbocycles. The minimum absolute atomic E-state index is 0.355. The molecule has 0 aromatic carbocycles. The Morgan fingerprint density at radius 3 is 3.09 bits per heavy atom. The number of rotatable bonds is 3. The number of halogens is 1. The number of H-pyrrole nitrogens is 1. The van der Waals surface area contributed by atoms with Crippen LogP contribution in [-0.2, 0) is 6.42 Å². The topological polar surface area (TPSA) is 45.8 Å². The van der Waals surface area contributed by atoms with Gasteiger partial charge in [-0.05, 0) is 18.0 Å². The highest BCUT2D eigenvalue weighted by Crippen LogP contribution is 2.07. The highest BCUT2D eigenvalue weighted by molar-refractivity contribution is 6.67. The van der Waals surface area contributed by atoms with Gasteiger partial charge < -0.3 is 4.98 Å². The number of hydrogen-bond acceptors (Lipinski definition) is 2. The summed E-state index contributed by atoms with van der Waals surface area (Å²) in [7, 11) is 0. The zero-order chi connectivity index (χ0) is 8.27. The normalized spacial score (nSPS) is 10.0. The first kappa shape index (κ1) is 8.27. The average molecular weight is 173 g/mol. The first-order valence-electron chi connectivity index (χ1n) is 3.47. The van der Waals surface area contributed by atoms with Gasteiger partial charge in [0.25, 0.3) is 5.24 Å². The molecule has 4 heteroatoms. The molecular formula is C7H9ClN2O. The third kappa shape index (κ3) is 1.80. The Kier molecular flexibility index (Phi) is 2.65. The Morgan fingerprint density at radius 2 is 2.55 bits per heavy atom. The van der Waals surface area contributed by atoms with Gasteiger partial charge in [-0.1, -0.05) is 13.3 Å². The summed E-state index contributed by atoms with van der Waals surface area (Å²) >= 11 is 5.26. The number of nitrogens with zero attached hydrogens (tertiary/aromatic N) is 1. The van der Waals surface area contributed by atoms with E-state index >= 15 is 0 Å². The Balaban J connectivity index is 2.87. The molecule has 60 valence electrons. The highest BCUT2D eigenvalue weighted by Gasteiger charge is 2.10. The number of aromatic amines is 1. The van der Waals surface area contributed by atoms with Crippen molar-refractivity contribution < 1.29 is 4.79 Å². The molecule has 0 saturated heterocycles. The Morgan fingerprint density at radius 1 is 1.82 bits per heavy atom. The number of nitrogens with one attached hydrogen (secondary N) is 1. The zero-order valence-corrected chi connectivity index (χ0v) is 6.98. The van der Waals surface area contributed by atoms with Gasteiger partial charge in [-0.25, -0.2) is 4.98 Å². The van der Waals surface area contributed by atoms with Gasteiger partial charge in [0.05, 0.1) is 6.33 Å². The second kappa shape index (κ2) is 3.53. The van der Waals surface area contributed by atoms with Crippen LogP contribution >= 0.6 is 11.6 Å². The van der Waals surface area contributed by atoms with Crippen LogP contribution in [0.25, 0.3) is 0 Å². The predicted octanol–water partition coefficient (Wildman–Crippen LogP) is 1.74. The van der Waals surface area contributed by atoms with E-state index in [2.05, 4.69) is 9.97 Å². The maximum atomic E-state index is 10.7. The largest absolute Gasteiger partial charge is 0.348 e. The van der Waals surface area contributed by atoms with E-state index in [0.717, 1.165) is 18.5 Å². The number of carbonyl (C=O) groups excluding carboxylic acids is 1. The summed E-state index contributed by atoms with van der Waals surface area (Å²) in [5.74, 6) is 0. The van der Waals surface area contributed by atoms with Gasteiger partial charge in [-0.2, -0.15) is 0 Å². The minimum atomic E-state index is -0.491. The average Bonchev–Trinajstić information content (AvgIpc) is 2.36. The van der Waals surface area contributed by atoms with Gasteiger partial charge in [0.15, 0.2) is 0 Å². The smallest absolute Gasteiger partial charge is 0.272 e. The first-order valence-corrected chi connectivity index (χ1v) is 3.85. The molecule has 0 aliphatic carbocycles. The number of aromatic nitrogens is 2. The molecule has 0 atom stereocenters. The molecule has 0 radical (unpaired) electrons. The zero-order valence-electron chi connectivity index (χ0n) is 6.22. The van der Waals surface area contributed by atoms with E-state index in [4.69, 9.17) is 11.6 Å². The van der Waals surface area contributed by atoms with Crippen LogP contribution in [-0.4, -0.2) is 15.2 Å². The monoisotopic (exact) mass is 172 g/mol. The fraction of sp³-hybridized carbons (Fsp3) is 0.429. The van der Waals surface area contributed by atoms with Crippen LogP contribution in [0.4, 0.5) is 0 Å². The molecule has 0 aliphatic heterocycles. The lowest BCUT2D eigenvalue weighted by Gasteiger charge is -1.93. The van der Waals surface area contributed by atoms with Gasteiger partial charge in [0, 0.05) is 5.69 Å². The lowest BCUT2D eigenvalue weighted by Crippen LogP contribution is -1.95. The standard InChI is InChI=1S/C7H9ClN2O/c1-2-3-5-6(7(8)11)10-4-9-5/h4H,2-3H2,1H3,(H,9,10). The predicted molar refractivity (Wildman–Crippen MR) is 42.8 cm³/mol. The van der Waals surface area contributed by atoms with Crippen LogP contribution in [0.2, 0.25) is 0 Å². The van der Waals surface area contributed by atoms with Crippen LogP contribution in [0.5, 0.6) is 0 Å². The van der Waals surface area contributed by atoms with Gasteiger partial charge in [-0.15, -0.1) is 0 Å². The van der Waals surface area contributed by atoms with E-state index in [9.17, 15) is 4.79 Å². The molecule has 0 aliphatic rings. The van der Waals surface area contributed by atoms with E-state index < -0.39 is 5.24 Å². The Hall–Kier alpha value is -0.830. The van der Waals surface area contributed by atoms with E-state index in [0.29, 0.717) is 5.69 Å². The van der Waals surface area contributed by atoms with E-state index in [1.54, 1.807) is 0 Å². The molecule has 0 unspecified atom stereocenters. The Labute approximate surface area is 69.8 Å². The van der Waals surface area contributed by atoms with Gasteiger partial charge in [0.1, 0.15) is 5.69 Å². The summed E-state index contributed by atoms with van der Waals surface area (Å²) < 4.78 is 0. The SMILES string of the molecule is CCCc1[nH]cnc1C(=O)Cl. The molecule has 1 aromatic rings. The Bertz CT molecular complexity index is 257. The molecule has 0 fully saturated rings. The van der Waals surface area contributed by atoms with Crippen LogP contribution in [0, 0.1) is 0 Å². The lowest BCUT2D eigenvalue weighted by molar-refractivity contribution is 0.107. The van der Waals surface area contributed by atoms with Crippen molar-refractivity contribution in [1.82, 2.24) is 9.97 Å². The molecule has 3 nitrogen and oxygen atoms in total. The van der Waals surface area contributed by atoms with E-state index in [-0.39, 0.29) is 0 Å². The van der Waals surface area contributed by atoms with Gasteiger partial charge >= 0.3 is 0 Å². The fourth-order valence-corrected chi connectivity index (χ4v) is 1.09. The van der Waals surface area contributed by atoms with E-state index in [1.165, 1.54) is 6.33 Å². The number of hydrogen-bond donors (Lipinski definition) is 1. The molecule has 11 heavy (non-hydrogen) atoms. The fourth-order valence-electron chi connectivity index (χ4n) is 0.931. The molecule has 0 bridgehead atoms. The third-order valence-corrected chi connectivity index (χ3v) is 1.58. The second-order valence-corrected chi connectivity index (χ2v) is 2.60. The summed E-state index contributed by atoms with van der Waals surface area (Å²) in [6, 6.07) is 0. The van der Waals surface area contributed by atoms with Crippen LogP contribution < -0.4 is 0 Å². The van der Waals surface area contributed by atoms with Gasteiger partial charge in [0.2, 0.25) is 0 Å². The highest BCUT2D eigenvalue weighted by atomic mass is 35.5. The van der Waals surface area contributed by atoms with Crippen LogP contribution in [0.1, 0.15) is 29.5 Å². The van der Waals surface area contributed by atoms with E-state index in [1.807, 2.05) is 6.92 Å². The molecule has 1 N–H and O–H groups in total. The van der Waals surface area contributed by atoms with Crippen molar-refractivity contribution in [3.05, 3.63) is 17.7 Å². The van der Waals surface area contributed by atoms with Crippen molar-refractivity contribution in [3.8, 4) is 0 Å². The first-order chi connectivity index (χ1) is 5.25. The summed E-state index contributed by atoms with van der Waals surface area (Å²) in [6.45, 7) is 2.03. The molecular weight excluding hydrogens is 164 g/mol. The number of aryl methyl sites for hydroxylation is 1. The molecule has 0 amide bonds. The molecule has 1 heterocycles. The van der Waals surface area contributed by atoms with Crippen molar-refractivity contribution >= 4 is 16.8 Å². The lowest BCUT2D eigenvalue weighted by atomic mass is 10.2. The summed E-state index contributed by atoms with van der Waals surface area (Å²) in [4.78, 5) is 17.4. The van der Waals surface area contributed by atoms with Crippen LogP contribution in [0.3, 0.4) is 0 Å². The number of imidazole rings is 1. The third-order valence-electron chi connectivity index (χ3n) is 1.40.